The van der Waals surface area contributed by atoms with Crippen LogP contribution in [0.5, 0.6) is 5.75 Å². The van der Waals surface area contributed by atoms with E-state index in [1.807, 2.05) is 0 Å². The molecule has 0 aliphatic rings. The topological polar surface area (TPSA) is 99.5 Å². The van der Waals surface area contributed by atoms with Gasteiger partial charge in [0.1, 0.15) is 5.75 Å². The molecule has 1 aromatic heterocycles. The molecule has 0 saturated heterocycles. The van der Waals surface area contributed by atoms with E-state index >= 15 is 0 Å². The Hall–Kier alpha value is -2.41. The molecule has 7 heteroatoms. The van der Waals surface area contributed by atoms with E-state index in [0.717, 1.165) is 0 Å². The maximum Gasteiger partial charge on any atom is 0.355 e. The smallest absolute Gasteiger partial charge is 0.355 e. The lowest BCUT2D eigenvalue weighted by Crippen LogP contribution is -2.25. The molecule has 0 aliphatic heterocycles. The largest absolute Gasteiger partial charge is 0.507 e. The van der Waals surface area contributed by atoms with Crippen LogP contribution in [-0.4, -0.2) is 33.6 Å². The van der Waals surface area contributed by atoms with Gasteiger partial charge in [-0.15, -0.1) is 11.3 Å². The van der Waals surface area contributed by atoms with Crippen molar-refractivity contribution in [3.8, 4) is 5.75 Å². The summed E-state index contributed by atoms with van der Waals surface area (Å²) in [6.45, 7) is 2.04. The lowest BCUT2D eigenvalue weighted by atomic mass is 10.1. The number of phenols is 1. The first-order valence-electron chi connectivity index (χ1n) is 6.23. The van der Waals surface area contributed by atoms with Gasteiger partial charge in [-0.2, -0.15) is 0 Å². The zero-order valence-corrected chi connectivity index (χ0v) is 12.1. The van der Waals surface area contributed by atoms with Crippen LogP contribution < -0.4 is 5.32 Å². The quantitative estimate of drug-likeness (QED) is 0.782. The van der Waals surface area contributed by atoms with Crippen molar-refractivity contribution < 1.29 is 19.8 Å². The van der Waals surface area contributed by atoms with Gasteiger partial charge in [-0.25, -0.2) is 9.78 Å². The second-order valence-corrected chi connectivity index (χ2v) is 5.35. The molecule has 1 aromatic carbocycles. The maximum atomic E-state index is 11.9. The summed E-state index contributed by atoms with van der Waals surface area (Å²) in [6.07, 6.45) is 0.441. The number of carbonyl (C=O) groups is 2. The van der Waals surface area contributed by atoms with Gasteiger partial charge < -0.3 is 15.5 Å². The summed E-state index contributed by atoms with van der Waals surface area (Å²) in [5, 5.41) is 23.4. The molecule has 0 atom stereocenters. The minimum absolute atomic E-state index is 0.0117. The number of nitrogens with one attached hydrogen (secondary N) is 1. The number of carbonyl (C=O) groups excluding carboxylic acids is 1. The molecule has 2 rings (SSSR count). The minimum atomic E-state index is -1.06. The molecule has 1 heterocycles. The summed E-state index contributed by atoms with van der Waals surface area (Å²) in [4.78, 5) is 26.6. The van der Waals surface area contributed by atoms with Crippen LogP contribution in [0.4, 0.5) is 0 Å². The summed E-state index contributed by atoms with van der Waals surface area (Å²) in [6, 6.07) is 4.96. The van der Waals surface area contributed by atoms with Gasteiger partial charge in [0, 0.05) is 18.3 Å². The van der Waals surface area contributed by atoms with Gasteiger partial charge in [-0.3, -0.25) is 4.79 Å². The number of rotatable bonds is 5. The van der Waals surface area contributed by atoms with Crippen LogP contribution in [0, 0.1) is 6.92 Å². The van der Waals surface area contributed by atoms with Crippen molar-refractivity contribution in [2.24, 2.45) is 0 Å². The fourth-order valence-corrected chi connectivity index (χ4v) is 2.52. The van der Waals surface area contributed by atoms with Gasteiger partial charge >= 0.3 is 5.97 Å². The van der Waals surface area contributed by atoms with E-state index in [1.165, 1.54) is 16.7 Å². The molecule has 6 nitrogen and oxygen atoms in total. The van der Waals surface area contributed by atoms with Gasteiger partial charge in [-0.05, 0) is 18.6 Å². The number of aromatic nitrogens is 1. The van der Waals surface area contributed by atoms with Crippen molar-refractivity contribution in [1.29, 1.82) is 0 Å². The number of benzene rings is 1. The minimum Gasteiger partial charge on any atom is -0.507 e. The average Bonchev–Trinajstić information content (AvgIpc) is 2.91. The van der Waals surface area contributed by atoms with E-state index in [1.54, 1.807) is 25.1 Å². The Balaban J connectivity index is 1.92. The van der Waals surface area contributed by atoms with Crippen LogP contribution in [0.2, 0.25) is 0 Å². The number of aryl methyl sites for hydroxylation is 1. The Kier molecular flexibility index (Phi) is 4.54. The maximum absolute atomic E-state index is 11.9. The second kappa shape index (κ2) is 6.36. The predicted octanol–water partition coefficient (Wildman–Crippen LogP) is 1.83. The van der Waals surface area contributed by atoms with E-state index in [2.05, 4.69) is 10.3 Å². The van der Waals surface area contributed by atoms with Crippen LogP contribution in [0.3, 0.4) is 0 Å². The van der Waals surface area contributed by atoms with Crippen molar-refractivity contribution in [2.75, 3.05) is 6.54 Å². The Bertz CT molecular complexity index is 681. The number of para-hydroxylation sites is 1. The van der Waals surface area contributed by atoms with Crippen LogP contribution >= 0.6 is 11.3 Å². The number of hydrogen-bond acceptors (Lipinski definition) is 5. The highest BCUT2D eigenvalue weighted by atomic mass is 32.1. The van der Waals surface area contributed by atoms with E-state index in [4.69, 9.17) is 5.11 Å². The normalized spacial score (nSPS) is 10.3. The van der Waals surface area contributed by atoms with Crippen molar-refractivity contribution in [3.05, 3.63) is 45.4 Å². The standard InChI is InChI=1S/C14H14N2O4S/c1-8-3-2-4-9(12(8)17)13(18)15-6-5-11-16-10(7-21-11)14(19)20/h2-4,7,17H,5-6H2,1H3,(H,15,18)(H,19,20). The van der Waals surface area contributed by atoms with Gasteiger partial charge in [0.2, 0.25) is 0 Å². The summed E-state index contributed by atoms with van der Waals surface area (Å²) in [5.41, 5.74) is 0.867. The molecular formula is C14H14N2O4S. The number of amides is 1. The first kappa shape index (κ1) is 15.0. The molecule has 0 unspecified atom stereocenters. The zero-order valence-electron chi connectivity index (χ0n) is 11.3. The Labute approximate surface area is 125 Å². The molecule has 0 bridgehead atoms. The van der Waals surface area contributed by atoms with Crippen molar-refractivity contribution in [1.82, 2.24) is 10.3 Å². The van der Waals surface area contributed by atoms with Gasteiger partial charge in [0.25, 0.3) is 5.91 Å². The molecule has 3 N–H and O–H groups in total. The van der Waals surface area contributed by atoms with Crippen LogP contribution in [0.1, 0.15) is 31.4 Å². The van der Waals surface area contributed by atoms with Crippen molar-refractivity contribution in [3.63, 3.8) is 0 Å². The van der Waals surface area contributed by atoms with Crippen molar-refractivity contribution in [2.45, 2.75) is 13.3 Å². The second-order valence-electron chi connectivity index (χ2n) is 4.41. The fourth-order valence-electron chi connectivity index (χ4n) is 1.74. The van der Waals surface area contributed by atoms with Crippen LogP contribution in [0.15, 0.2) is 23.6 Å². The highest BCUT2D eigenvalue weighted by Gasteiger charge is 2.13. The lowest BCUT2D eigenvalue weighted by Gasteiger charge is -2.07. The molecular weight excluding hydrogens is 292 g/mol. The Morgan fingerprint density at radius 1 is 1.38 bits per heavy atom. The first-order chi connectivity index (χ1) is 9.99. The van der Waals surface area contributed by atoms with E-state index in [0.29, 0.717) is 23.5 Å². The number of carboxylic acid groups (broad SMARTS) is 1. The number of carboxylic acids is 1. The SMILES string of the molecule is Cc1cccc(C(=O)NCCc2nc(C(=O)O)cs2)c1O. The third kappa shape index (κ3) is 3.57. The number of aromatic hydroxyl groups is 1. The van der Waals surface area contributed by atoms with Crippen LogP contribution in [0.25, 0.3) is 0 Å². The first-order valence-corrected chi connectivity index (χ1v) is 7.11. The van der Waals surface area contributed by atoms with E-state index in [9.17, 15) is 14.7 Å². The lowest BCUT2D eigenvalue weighted by molar-refractivity contribution is 0.0690. The summed E-state index contributed by atoms with van der Waals surface area (Å²) >= 11 is 1.24. The number of thiazole rings is 1. The Morgan fingerprint density at radius 3 is 2.81 bits per heavy atom. The summed E-state index contributed by atoms with van der Waals surface area (Å²) in [5.74, 6) is -1.46. The third-order valence-electron chi connectivity index (χ3n) is 2.88. The zero-order chi connectivity index (χ0) is 15.4. The monoisotopic (exact) mass is 306 g/mol. The third-order valence-corrected chi connectivity index (χ3v) is 3.79. The number of aromatic carboxylic acids is 1. The summed E-state index contributed by atoms with van der Waals surface area (Å²) < 4.78 is 0. The van der Waals surface area contributed by atoms with Gasteiger partial charge in [0.05, 0.1) is 10.6 Å². The van der Waals surface area contributed by atoms with Crippen molar-refractivity contribution >= 4 is 23.2 Å². The molecule has 0 spiro atoms. The molecule has 0 saturated carbocycles. The van der Waals surface area contributed by atoms with E-state index in [-0.39, 0.29) is 22.9 Å². The molecule has 0 aliphatic carbocycles. The molecule has 21 heavy (non-hydrogen) atoms. The van der Waals surface area contributed by atoms with Crippen LogP contribution in [-0.2, 0) is 6.42 Å². The Morgan fingerprint density at radius 2 is 2.14 bits per heavy atom. The number of hydrogen-bond donors (Lipinski definition) is 3. The molecule has 0 fully saturated rings. The van der Waals surface area contributed by atoms with Gasteiger partial charge in [-0.1, -0.05) is 12.1 Å². The highest BCUT2D eigenvalue weighted by molar-refractivity contribution is 7.09. The fraction of sp³-hybridized carbons (Fsp3) is 0.214. The molecule has 2 aromatic rings. The predicted molar refractivity (Wildman–Crippen MR) is 78.0 cm³/mol. The average molecular weight is 306 g/mol. The molecule has 0 radical (unpaired) electrons. The number of phenolic OH excluding ortho intramolecular Hbond substituents is 1. The van der Waals surface area contributed by atoms with E-state index < -0.39 is 5.97 Å². The number of nitrogens with zero attached hydrogens (tertiary/aromatic N) is 1. The molecule has 1 amide bonds. The van der Waals surface area contributed by atoms with Gasteiger partial charge in [0.15, 0.2) is 5.69 Å². The molecule has 110 valence electrons. The summed E-state index contributed by atoms with van der Waals surface area (Å²) in [7, 11) is 0. The highest BCUT2D eigenvalue weighted by Crippen LogP contribution is 2.21.